The summed E-state index contributed by atoms with van der Waals surface area (Å²) in [6.07, 6.45) is 2.32. The Morgan fingerprint density at radius 3 is 2.67 bits per heavy atom. The molecule has 0 aliphatic heterocycles. The maximum absolute atomic E-state index is 9.99. The van der Waals surface area contributed by atoms with Crippen molar-refractivity contribution in [3.63, 3.8) is 0 Å². The predicted octanol–water partition coefficient (Wildman–Crippen LogP) is 1.79. The molecular weight excluding hydrogens is 224 g/mol. The summed E-state index contributed by atoms with van der Waals surface area (Å²) in [4.78, 5) is 2.52. The van der Waals surface area contributed by atoms with E-state index in [1.165, 1.54) is 12.8 Å². The van der Waals surface area contributed by atoms with Crippen LogP contribution in [0, 0.1) is 0 Å². The van der Waals surface area contributed by atoms with E-state index in [9.17, 15) is 5.11 Å². The lowest BCUT2D eigenvalue weighted by Gasteiger charge is -2.20. The number of nitrogens with zero attached hydrogens (tertiary/aromatic N) is 1. The van der Waals surface area contributed by atoms with E-state index in [1.807, 2.05) is 30.3 Å². The van der Waals surface area contributed by atoms with Crippen molar-refractivity contribution < 1.29 is 5.11 Å². The van der Waals surface area contributed by atoms with E-state index < -0.39 is 6.10 Å². The summed E-state index contributed by atoms with van der Waals surface area (Å²) in [5.41, 5.74) is 0.986. The average molecular weight is 248 g/mol. The van der Waals surface area contributed by atoms with E-state index in [1.54, 1.807) is 0 Å². The smallest absolute Gasteiger partial charge is 0.0914 e. The van der Waals surface area contributed by atoms with Crippen molar-refractivity contribution in [1.29, 1.82) is 0 Å². The van der Waals surface area contributed by atoms with Gasteiger partial charge in [0.25, 0.3) is 0 Å². The van der Waals surface area contributed by atoms with Crippen LogP contribution < -0.4 is 5.32 Å². The van der Waals surface area contributed by atoms with Gasteiger partial charge < -0.3 is 10.4 Å². The van der Waals surface area contributed by atoms with Crippen LogP contribution in [-0.2, 0) is 0 Å². The third-order valence-electron chi connectivity index (χ3n) is 3.57. The number of hydrogen-bond donors (Lipinski definition) is 2. The van der Waals surface area contributed by atoms with Crippen molar-refractivity contribution in [3.8, 4) is 0 Å². The molecule has 1 aliphatic rings. The fourth-order valence-electron chi connectivity index (χ4n) is 2.29. The number of nitrogens with one attached hydrogen (secondary N) is 1. The second kappa shape index (κ2) is 6.88. The maximum Gasteiger partial charge on any atom is 0.0914 e. The molecule has 0 bridgehead atoms. The minimum atomic E-state index is -0.401. The second-order valence-corrected chi connectivity index (χ2v) is 4.99. The van der Waals surface area contributed by atoms with Gasteiger partial charge in [-0.15, -0.1) is 0 Å². The number of hydrogen-bond acceptors (Lipinski definition) is 3. The number of aliphatic hydroxyl groups is 1. The summed E-state index contributed by atoms with van der Waals surface area (Å²) in [7, 11) is 0. The quantitative estimate of drug-likeness (QED) is 0.689. The standard InChI is InChI=1S/C15H24N2O/c1-2-17(14-8-9-14)11-10-16-12-15(18)13-6-4-3-5-7-13/h3-7,14-16,18H,2,8-12H2,1H3. The molecule has 1 saturated carbocycles. The molecule has 1 unspecified atom stereocenters. The summed E-state index contributed by atoms with van der Waals surface area (Å²) in [5, 5.41) is 13.3. The molecule has 2 rings (SSSR count). The van der Waals surface area contributed by atoms with Crippen LogP contribution in [0.25, 0.3) is 0 Å². The minimum Gasteiger partial charge on any atom is -0.387 e. The van der Waals surface area contributed by atoms with Crippen LogP contribution >= 0.6 is 0 Å². The van der Waals surface area contributed by atoms with Gasteiger partial charge in [-0.05, 0) is 24.9 Å². The van der Waals surface area contributed by atoms with Gasteiger partial charge in [0.05, 0.1) is 6.10 Å². The Morgan fingerprint density at radius 1 is 1.33 bits per heavy atom. The highest BCUT2D eigenvalue weighted by Crippen LogP contribution is 2.25. The van der Waals surface area contributed by atoms with Gasteiger partial charge in [0, 0.05) is 25.7 Å². The van der Waals surface area contributed by atoms with Crippen LogP contribution in [0.5, 0.6) is 0 Å². The lowest BCUT2D eigenvalue weighted by molar-refractivity contribution is 0.172. The summed E-state index contributed by atoms with van der Waals surface area (Å²) in [6, 6.07) is 10.7. The van der Waals surface area contributed by atoms with Gasteiger partial charge in [0.1, 0.15) is 0 Å². The van der Waals surface area contributed by atoms with Gasteiger partial charge in [-0.3, -0.25) is 4.90 Å². The summed E-state index contributed by atoms with van der Waals surface area (Å²) in [6.45, 7) is 6.02. The zero-order valence-corrected chi connectivity index (χ0v) is 11.2. The lowest BCUT2D eigenvalue weighted by Crippen LogP contribution is -2.35. The first kappa shape index (κ1) is 13.5. The third kappa shape index (κ3) is 4.09. The number of likely N-dealkylation sites (N-methyl/N-ethyl adjacent to an activating group) is 1. The highest BCUT2D eigenvalue weighted by atomic mass is 16.3. The third-order valence-corrected chi connectivity index (χ3v) is 3.57. The molecule has 100 valence electrons. The number of aliphatic hydroxyl groups excluding tert-OH is 1. The molecule has 3 heteroatoms. The Balaban J connectivity index is 1.63. The van der Waals surface area contributed by atoms with Gasteiger partial charge in [0.15, 0.2) is 0 Å². The van der Waals surface area contributed by atoms with Gasteiger partial charge in [-0.25, -0.2) is 0 Å². The van der Waals surface area contributed by atoms with Crippen molar-refractivity contribution in [2.45, 2.75) is 31.9 Å². The van der Waals surface area contributed by atoms with E-state index >= 15 is 0 Å². The zero-order valence-electron chi connectivity index (χ0n) is 11.2. The zero-order chi connectivity index (χ0) is 12.8. The van der Waals surface area contributed by atoms with Crippen LogP contribution in [0.4, 0.5) is 0 Å². The van der Waals surface area contributed by atoms with Gasteiger partial charge in [-0.2, -0.15) is 0 Å². The SMILES string of the molecule is CCN(CCNCC(O)c1ccccc1)C1CC1. The van der Waals surface area contributed by atoms with E-state index in [0.717, 1.165) is 31.2 Å². The van der Waals surface area contributed by atoms with Crippen LogP contribution in [0.1, 0.15) is 31.4 Å². The van der Waals surface area contributed by atoms with E-state index in [2.05, 4.69) is 17.1 Å². The first-order valence-electron chi connectivity index (χ1n) is 6.99. The molecule has 0 saturated heterocycles. The van der Waals surface area contributed by atoms with Crippen molar-refractivity contribution in [2.24, 2.45) is 0 Å². The Bertz CT molecular complexity index is 338. The molecule has 1 aliphatic carbocycles. The van der Waals surface area contributed by atoms with E-state index in [4.69, 9.17) is 0 Å². The Hall–Kier alpha value is -0.900. The fraction of sp³-hybridized carbons (Fsp3) is 0.600. The molecule has 0 radical (unpaired) electrons. The van der Waals surface area contributed by atoms with Crippen LogP contribution in [-0.4, -0.2) is 42.2 Å². The predicted molar refractivity (Wildman–Crippen MR) is 74.5 cm³/mol. The van der Waals surface area contributed by atoms with Crippen molar-refractivity contribution >= 4 is 0 Å². The van der Waals surface area contributed by atoms with E-state index in [-0.39, 0.29) is 0 Å². The Morgan fingerprint density at radius 2 is 2.06 bits per heavy atom. The first-order chi connectivity index (χ1) is 8.81. The normalized spacial score (nSPS) is 17.1. The summed E-state index contributed by atoms with van der Waals surface area (Å²) < 4.78 is 0. The van der Waals surface area contributed by atoms with Crippen LogP contribution in [0.2, 0.25) is 0 Å². The van der Waals surface area contributed by atoms with Crippen LogP contribution in [0.15, 0.2) is 30.3 Å². The largest absolute Gasteiger partial charge is 0.387 e. The molecule has 0 heterocycles. The van der Waals surface area contributed by atoms with Crippen molar-refractivity contribution in [1.82, 2.24) is 10.2 Å². The molecule has 2 N–H and O–H groups in total. The molecule has 1 atom stereocenters. The maximum atomic E-state index is 9.99. The monoisotopic (exact) mass is 248 g/mol. The molecule has 1 fully saturated rings. The highest BCUT2D eigenvalue weighted by molar-refractivity contribution is 5.17. The van der Waals surface area contributed by atoms with E-state index in [0.29, 0.717) is 6.54 Å². The first-order valence-corrected chi connectivity index (χ1v) is 6.99. The molecular formula is C15H24N2O. The molecule has 0 amide bonds. The highest BCUT2D eigenvalue weighted by Gasteiger charge is 2.26. The van der Waals surface area contributed by atoms with Crippen LogP contribution in [0.3, 0.4) is 0 Å². The number of benzene rings is 1. The topological polar surface area (TPSA) is 35.5 Å². The molecule has 1 aromatic carbocycles. The summed E-state index contributed by atoms with van der Waals surface area (Å²) >= 11 is 0. The Kier molecular flexibility index (Phi) is 5.17. The molecule has 0 spiro atoms. The second-order valence-electron chi connectivity index (χ2n) is 4.99. The molecule has 1 aromatic rings. The molecule has 3 nitrogen and oxygen atoms in total. The van der Waals surface area contributed by atoms with Crippen molar-refractivity contribution in [3.05, 3.63) is 35.9 Å². The lowest BCUT2D eigenvalue weighted by atomic mass is 10.1. The average Bonchev–Trinajstić information content (AvgIpc) is 3.24. The van der Waals surface area contributed by atoms with Gasteiger partial charge in [0.2, 0.25) is 0 Å². The van der Waals surface area contributed by atoms with Gasteiger partial charge >= 0.3 is 0 Å². The molecule has 0 aromatic heterocycles. The van der Waals surface area contributed by atoms with Gasteiger partial charge in [-0.1, -0.05) is 37.3 Å². The minimum absolute atomic E-state index is 0.401. The number of rotatable bonds is 8. The van der Waals surface area contributed by atoms with Crippen molar-refractivity contribution in [2.75, 3.05) is 26.2 Å². The Labute approximate surface area is 110 Å². The fourth-order valence-corrected chi connectivity index (χ4v) is 2.29. The summed E-state index contributed by atoms with van der Waals surface area (Å²) in [5.74, 6) is 0. The molecule has 18 heavy (non-hydrogen) atoms.